The van der Waals surface area contributed by atoms with E-state index in [1.165, 1.54) is 6.07 Å². The lowest BCUT2D eigenvalue weighted by molar-refractivity contribution is -0.138. The molecule has 1 aliphatic heterocycles. The number of nitrogens with zero attached hydrogens (tertiary/aromatic N) is 3. The predicted molar refractivity (Wildman–Crippen MR) is 152 cm³/mol. The summed E-state index contributed by atoms with van der Waals surface area (Å²) in [6, 6.07) is 14.1. The molecule has 0 saturated heterocycles. The number of aromatic nitrogens is 2. The standard InChI is InChI=1S/C31H35F3N4O3/c32-31(33,34)24-18-19-26-36-29(24)23-14-8-7-13-22(23)12-6-4-2-1-3-5-9-20-38(21-11-17-28(39)40)27-16-10-15-25(35-27)30(41)37-26/h7-8,10,13-16,18-19H,1-6,9,11-12,17,20-21H2,(H,39,40)(H,36,37,41). The van der Waals surface area contributed by atoms with Crippen molar-refractivity contribution in [3.8, 4) is 11.3 Å². The van der Waals surface area contributed by atoms with Crippen molar-refractivity contribution in [3.05, 3.63) is 71.4 Å². The monoisotopic (exact) mass is 568 g/mol. The number of carbonyl (C=O) groups excluding carboxylic acids is 1. The minimum atomic E-state index is -4.62. The zero-order valence-electron chi connectivity index (χ0n) is 22.9. The number of halogens is 3. The first-order valence-corrected chi connectivity index (χ1v) is 14.1. The van der Waals surface area contributed by atoms with Gasteiger partial charge in [-0.25, -0.2) is 9.97 Å². The highest BCUT2D eigenvalue weighted by Crippen LogP contribution is 2.38. The quantitative estimate of drug-likeness (QED) is 0.341. The Hall–Kier alpha value is -3.95. The lowest BCUT2D eigenvalue weighted by Crippen LogP contribution is -2.28. The Morgan fingerprint density at radius 1 is 0.902 bits per heavy atom. The third-order valence-electron chi connectivity index (χ3n) is 7.20. The number of amides is 1. The van der Waals surface area contributed by atoms with Crippen molar-refractivity contribution in [2.75, 3.05) is 23.3 Å². The summed E-state index contributed by atoms with van der Waals surface area (Å²) < 4.78 is 42.1. The first kappa shape index (κ1) is 30.0. The minimum Gasteiger partial charge on any atom is -0.481 e. The average molecular weight is 569 g/mol. The van der Waals surface area contributed by atoms with E-state index in [2.05, 4.69) is 15.3 Å². The van der Waals surface area contributed by atoms with Crippen LogP contribution in [0.2, 0.25) is 0 Å². The number of pyridine rings is 2. The molecule has 1 aliphatic rings. The highest BCUT2D eigenvalue weighted by Gasteiger charge is 2.35. The first-order valence-electron chi connectivity index (χ1n) is 14.1. The molecule has 7 nitrogen and oxygen atoms in total. The normalized spacial score (nSPS) is 15.5. The van der Waals surface area contributed by atoms with Gasteiger partial charge in [-0.3, -0.25) is 9.59 Å². The Kier molecular flexibility index (Phi) is 10.3. The number of benzene rings is 1. The van der Waals surface area contributed by atoms with Gasteiger partial charge in [-0.2, -0.15) is 13.2 Å². The van der Waals surface area contributed by atoms with Crippen LogP contribution >= 0.6 is 0 Å². The summed E-state index contributed by atoms with van der Waals surface area (Å²) in [4.78, 5) is 35.0. The number of rotatable bonds is 4. The second-order valence-electron chi connectivity index (χ2n) is 10.3. The number of carboxylic acid groups (broad SMARTS) is 1. The summed E-state index contributed by atoms with van der Waals surface area (Å²) in [5.41, 5.74) is 0.209. The van der Waals surface area contributed by atoms with E-state index in [-0.39, 0.29) is 23.6 Å². The number of alkyl halides is 3. The largest absolute Gasteiger partial charge is 0.481 e. The molecule has 0 atom stereocenters. The van der Waals surface area contributed by atoms with Gasteiger partial charge in [-0.05, 0) is 55.5 Å². The number of aliphatic carboxylic acids is 1. The topological polar surface area (TPSA) is 95.4 Å². The molecular weight excluding hydrogens is 533 g/mol. The fraction of sp³-hybridized carbons (Fsp3) is 0.419. The number of nitrogens with one attached hydrogen (secondary N) is 1. The van der Waals surface area contributed by atoms with Gasteiger partial charge in [0.1, 0.15) is 17.3 Å². The lowest BCUT2D eigenvalue weighted by Gasteiger charge is -2.24. The smallest absolute Gasteiger partial charge is 0.418 e. The van der Waals surface area contributed by atoms with E-state index in [1.54, 1.807) is 24.3 Å². The van der Waals surface area contributed by atoms with Crippen molar-refractivity contribution >= 4 is 23.5 Å². The summed E-state index contributed by atoms with van der Waals surface area (Å²) in [6.45, 7) is 1.16. The van der Waals surface area contributed by atoms with Gasteiger partial charge in [0, 0.05) is 25.1 Å². The summed E-state index contributed by atoms with van der Waals surface area (Å²) in [7, 11) is 0. The van der Waals surface area contributed by atoms with E-state index in [0.717, 1.165) is 62.6 Å². The number of hydrogen-bond acceptors (Lipinski definition) is 5. The van der Waals surface area contributed by atoms with Crippen LogP contribution in [0.4, 0.5) is 24.8 Å². The maximum Gasteiger partial charge on any atom is 0.418 e. The fourth-order valence-electron chi connectivity index (χ4n) is 5.10. The number of fused-ring (bicyclic) bond motifs is 6. The molecule has 0 radical (unpaired) electrons. The molecule has 41 heavy (non-hydrogen) atoms. The molecule has 3 heterocycles. The summed E-state index contributed by atoms with van der Waals surface area (Å²) in [6.07, 6.45) is 3.40. The van der Waals surface area contributed by atoms with E-state index in [1.807, 2.05) is 17.0 Å². The van der Waals surface area contributed by atoms with E-state index in [0.29, 0.717) is 37.3 Å². The molecule has 0 aliphatic carbocycles. The number of aryl methyl sites for hydroxylation is 1. The molecule has 0 unspecified atom stereocenters. The van der Waals surface area contributed by atoms with Crippen LogP contribution in [0.5, 0.6) is 0 Å². The maximum absolute atomic E-state index is 14.0. The van der Waals surface area contributed by atoms with Crippen LogP contribution in [0, 0.1) is 0 Å². The molecule has 3 aromatic rings. The summed E-state index contributed by atoms with van der Waals surface area (Å²) in [5, 5.41) is 11.7. The molecule has 2 aromatic heterocycles. The molecule has 218 valence electrons. The van der Waals surface area contributed by atoms with Crippen molar-refractivity contribution in [1.29, 1.82) is 0 Å². The number of anilines is 2. The van der Waals surface area contributed by atoms with Crippen LogP contribution in [0.15, 0.2) is 54.6 Å². The van der Waals surface area contributed by atoms with Gasteiger partial charge in [0.15, 0.2) is 0 Å². The van der Waals surface area contributed by atoms with Crippen molar-refractivity contribution in [1.82, 2.24) is 9.97 Å². The highest BCUT2D eigenvalue weighted by atomic mass is 19.4. The Morgan fingerprint density at radius 2 is 1.63 bits per heavy atom. The number of hydrogen-bond donors (Lipinski definition) is 2. The van der Waals surface area contributed by atoms with Crippen LogP contribution in [0.1, 0.15) is 79.4 Å². The van der Waals surface area contributed by atoms with E-state index < -0.39 is 23.6 Å². The zero-order chi connectivity index (χ0) is 29.2. The molecule has 10 heteroatoms. The average Bonchev–Trinajstić information content (AvgIpc) is 2.94. The number of carboxylic acids is 1. The van der Waals surface area contributed by atoms with Gasteiger partial charge in [0.25, 0.3) is 5.91 Å². The predicted octanol–water partition coefficient (Wildman–Crippen LogP) is 7.37. The molecule has 0 fully saturated rings. The second kappa shape index (κ2) is 14.1. The molecule has 4 bridgehead atoms. The molecule has 1 aromatic carbocycles. The highest BCUT2D eigenvalue weighted by molar-refractivity contribution is 6.02. The van der Waals surface area contributed by atoms with Gasteiger partial charge in [-0.15, -0.1) is 0 Å². The van der Waals surface area contributed by atoms with Gasteiger partial charge in [0.05, 0.1) is 11.3 Å². The van der Waals surface area contributed by atoms with E-state index in [4.69, 9.17) is 5.11 Å². The van der Waals surface area contributed by atoms with Crippen LogP contribution in [-0.2, 0) is 17.4 Å². The molecule has 2 N–H and O–H groups in total. The van der Waals surface area contributed by atoms with Gasteiger partial charge in [-0.1, -0.05) is 62.4 Å². The van der Waals surface area contributed by atoms with Crippen molar-refractivity contribution < 1.29 is 27.9 Å². The molecule has 1 amide bonds. The third-order valence-corrected chi connectivity index (χ3v) is 7.20. The van der Waals surface area contributed by atoms with Gasteiger partial charge in [0.2, 0.25) is 0 Å². The Morgan fingerprint density at radius 3 is 2.39 bits per heavy atom. The van der Waals surface area contributed by atoms with Crippen molar-refractivity contribution in [3.63, 3.8) is 0 Å². The molecule has 4 rings (SSSR count). The molecule has 0 spiro atoms. The maximum atomic E-state index is 14.0. The SMILES string of the molecule is O=C(O)CCCN1CCCCCCCCCc2ccccc2-c2nc(ccc2C(F)(F)F)NC(=O)c2cccc1n2. The summed E-state index contributed by atoms with van der Waals surface area (Å²) in [5.74, 6) is -0.927. The Balaban J connectivity index is 1.69. The minimum absolute atomic E-state index is 0.00674. The Bertz CT molecular complexity index is 1350. The third kappa shape index (κ3) is 8.52. The van der Waals surface area contributed by atoms with Crippen molar-refractivity contribution in [2.24, 2.45) is 0 Å². The van der Waals surface area contributed by atoms with Crippen LogP contribution < -0.4 is 10.2 Å². The zero-order valence-corrected chi connectivity index (χ0v) is 22.9. The second-order valence-corrected chi connectivity index (χ2v) is 10.3. The fourth-order valence-corrected chi connectivity index (χ4v) is 5.10. The summed E-state index contributed by atoms with van der Waals surface area (Å²) >= 11 is 0. The Labute approximate surface area is 237 Å². The first-order chi connectivity index (χ1) is 19.7. The van der Waals surface area contributed by atoms with Crippen molar-refractivity contribution in [2.45, 2.75) is 70.4 Å². The van der Waals surface area contributed by atoms with E-state index >= 15 is 0 Å². The van der Waals surface area contributed by atoms with Gasteiger partial charge < -0.3 is 15.3 Å². The molecular formula is C31H35F3N4O3. The molecule has 0 saturated carbocycles. The van der Waals surface area contributed by atoms with Crippen LogP contribution in [-0.4, -0.2) is 40.0 Å². The lowest BCUT2D eigenvalue weighted by atomic mass is 9.95. The van der Waals surface area contributed by atoms with Gasteiger partial charge >= 0.3 is 12.1 Å². The van der Waals surface area contributed by atoms with Crippen LogP contribution in [0.25, 0.3) is 11.3 Å². The number of carbonyl (C=O) groups is 2. The van der Waals surface area contributed by atoms with Crippen LogP contribution in [0.3, 0.4) is 0 Å². The van der Waals surface area contributed by atoms with E-state index in [9.17, 15) is 22.8 Å².